The topological polar surface area (TPSA) is 98.2 Å². The van der Waals surface area contributed by atoms with Crippen molar-refractivity contribution in [1.82, 2.24) is 20.1 Å². The Labute approximate surface area is 200 Å². The molecule has 0 bridgehead atoms. The van der Waals surface area contributed by atoms with Gasteiger partial charge in [0.05, 0.1) is 29.1 Å². The van der Waals surface area contributed by atoms with E-state index in [1.807, 2.05) is 0 Å². The number of esters is 1. The maximum atomic E-state index is 13.8. The van der Waals surface area contributed by atoms with Gasteiger partial charge in [0.2, 0.25) is 0 Å². The standard InChI is InChI=1S/C24H27F3N4O4/c1-13-10-14(2)31(30-13)18-7-6-17(19(11-18)24(25,26)27)12-28-22(32)21-15(3)20(16(4)29-21)23(33)35-9-8-34-5/h6-7,10-11,29H,8-9,12H2,1-5H3,(H,28,32). The van der Waals surface area contributed by atoms with Crippen LogP contribution in [0.2, 0.25) is 0 Å². The first-order valence-electron chi connectivity index (χ1n) is 10.8. The first kappa shape index (κ1) is 26.0. The Hall–Kier alpha value is -3.60. The Morgan fingerprint density at radius 2 is 1.83 bits per heavy atom. The monoisotopic (exact) mass is 492 g/mol. The molecule has 35 heavy (non-hydrogen) atoms. The number of aromatic nitrogens is 3. The van der Waals surface area contributed by atoms with Gasteiger partial charge in [-0.25, -0.2) is 9.48 Å². The fourth-order valence-electron chi connectivity index (χ4n) is 3.84. The average molecular weight is 492 g/mol. The molecule has 0 aliphatic heterocycles. The van der Waals surface area contributed by atoms with Crippen LogP contribution in [0.3, 0.4) is 0 Å². The molecule has 0 radical (unpaired) electrons. The summed E-state index contributed by atoms with van der Waals surface area (Å²) in [5.74, 6) is -1.26. The largest absolute Gasteiger partial charge is 0.460 e. The number of nitrogens with one attached hydrogen (secondary N) is 2. The first-order chi connectivity index (χ1) is 16.4. The van der Waals surface area contributed by atoms with Crippen molar-refractivity contribution in [2.45, 2.75) is 40.4 Å². The molecule has 0 saturated heterocycles. The van der Waals surface area contributed by atoms with Crippen molar-refractivity contribution in [2.75, 3.05) is 20.3 Å². The van der Waals surface area contributed by atoms with Crippen LogP contribution in [0.25, 0.3) is 5.69 Å². The maximum absolute atomic E-state index is 13.8. The summed E-state index contributed by atoms with van der Waals surface area (Å²) in [4.78, 5) is 27.9. The molecule has 3 rings (SSSR count). The van der Waals surface area contributed by atoms with E-state index in [1.54, 1.807) is 33.8 Å². The number of ether oxygens (including phenoxy) is 2. The lowest BCUT2D eigenvalue weighted by Gasteiger charge is -2.16. The van der Waals surface area contributed by atoms with Gasteiger partial charge in [0.15, 0.2) is 0 Å². The molecule has 1 aromatic carbocycles. The fourth-order valence-corrected chi connectivity index (χ4v) is 3.84. The molecule has 3 aromatic rings. The lowest BCUT2D eigenvalue weighted by molar-refractivity contribution is -0.138. The zero-order valence-corrected chi connectivity index (χ0v) is 20.1. The molecule has 2 N–H and O–H groups in total. The van der Waals surface area contributed by atoms with Crippen LogP contribution in [-0.4, -0.2) is 47.0 Å². The Balaban J connectivity index is 1.82. The number of hydrogen-bond donors (Lipinski definition) is 2. The molecule has 2 heterocycles. The Morgan fingerprint density at radius 3 is 2.43 bits per heavy atom. The second kappa shape index (κ2) is 10.3. The third kappa shape index (κ3) is 5.73. The number of rotatable bonds is 8. The molecule has 2 aromatic heterocycles. The number of H-pyrrole nitrogens is 1. The minimum absolute atomic E-state index is 0.0504. The summed E-state index contributed by atoms with van der Waals surface area (Å²) in [6.45, 7) is 6.59. The predicted molar refractivity (Wildman–Crippen MR) is 122 cm³/mol. The van der Waals surface area contributed by atoms with Crippen LogP contribution in [0, 0.1) is 27.7 Å². The van der Waals surface area contributed by atoms with E-state index in [-0.39, 0.29) is 42.3 Å². The summed E-state index contributed by atoms with van der Waals surface area (Å²) in [7, 11) is 1.47. The number of amides is 1. The fraction of sp³-hybridized carbons (Fsp3) is 0.375. The number of aryl methyl sites for hydroxylation is 3. The van der Waals surface area contributed by atoms with Gasteiger partial charge in [-0.3, -0.25) is 4.79 Å². The normalized spacial score (nSPS) is 11.5. The highest BCUT2D eigenvalue weighted by Crippen LogP contribution is 2.34. The molecule has 0 atom stereocenters. The zero-order chi connectivity index (χ0) is 25.9. The number of methoxy groups -OCH3 is 1. The molecule has 0 aliphatic rings. The van der Waals surface area contributed by atoms with Crippen LogP contribution in [0.1, 0.15) is 54.6 Å². The number of alkyl halides is 3. The molecule has 0 fully saturated rings. The number of hydrogen-bond acceptors (Lipinski definition) is 5. The van der Waals surface area contributed by atoms with E-state index in [1.165, 1.54) is 23.9 Å². The van der Waals surface area contributed by atoms with Gasteiger partial charge < -0.3 is 19.8 Å². The molecule has 8 nitrogen and oxygen atoms in total. The molecular formula is C24H27F3N4O4. The number of carbonyl (C=O) groups excluding carboxylic acids is 2. The van der Waals surface area contributed by atoms with Crippen molar-refractivity contribution in [3.05, 3.63) is 69.3 Å². The molecular weight excluding hydrogens is 465 g/mol. The van der Waals surface area contributed by atoms with Crippen LogP contribution in [0.5, 0.6) is 0 Å². The van der Waals surface area contributed by atoms with E-state index in [0.717, 1.165) is 6.07 Å². The summed E-state index contributed by atoms with van der Waals surface area (Å²) >= 11 is 0. The Kier molecular flexibility index (Phi) is 7.69. The van der Waals surface area contributed by atoms with Gasteiger partial charge in [0.25, 0.3) is 5.91 Å². The van der Waals surface area contributed by atoms with Crippen molar-refractivity contribution in [3.63, 3.8) is 0 Å². The minimum Gasteiger partial charge on any atom is -0.460 e. The third-order valence-corrected chi connectivity index (χ3v) is 5.48. The van der Waals surface area contributed by atoms with Gasteiger partial charge in [0, 0.05) is 25.0 Å². The number of benzene rings is 1. The molecule has 0 aliphatic carbocycles. The van der Waals surface area contributed by atoms with Crippen molar-refractivity contribution >= 4 is 11.9 Å². The van der Waals surface area contributed by atoms with Gasteiger partial charge in [-0.1, -0.05) is 6.07 Å². The molecule has 11 heteroatoms. The van der Waals surface area contributed by atoms with E-state index < -0.39 is 23.6 Å². The van der Waals surface area contributed by atoms with E-state index in [2.05, 4.69) is 15.4 Å². The maximum Gasteiger partial charge on any atom is 0.416 e. The smallest absolute Gasteiger partial charge is 0.416 e. The minimum atomic E-state index is -4.63. The van der Waals surface area contributed by atoms with Gasteiger partial charge in [-0.2, -0.15) is 18.3 Å². The van der Waals surface area contributed by atoms with Crippen molar-refractivity contribution in [2.24, 2.45) is 0 Å². The molecule has 0 spiro atoms. The highest BCUT2D eigenvalue weighted by atomic mass is 19.4. The molecule has 0 saturated carbocycles. The van der Waals surface area contributed by atoms with Crippen LogP contribution in [0.15, 0.2) is 24.3 Å². The van der Waals surface area contributed by atoms with Crippen molar-refractivity contribution in [1.29, 1.82) is 0 Å². The van der Waals surface area contributed by atoms with Gasteiger partial charge in [0.1, 0.15) is 12.3 Å². The molecule has 0 unspecified atom stereocenters. The first-order valence-corrected chi connectivity index (χ1v) is 10.8. The summed E-state index contributed by atoms with van der Waals surface area (Å²) in [6.07, 6.45) is -4.63. The second-order valence-electron chi connectivity index (χ2n) is 8.11. The van der Waals surface area contributed by atoms with E-state index in [9.17, 15) is 22.8 Å². The lowest BCUT2D eigenvalue weighted by atomic mass is 10.1. The number of nitrogens with zero attached hydrogens (tertiary/aromatic N) is 2. The quantitative estimate of drug-likeness (QED) is 0.363. The highest BCUT2D eigenvalue weighted by molar-refractivity contribution is 6.00. The predicted octanol–water partition coefficient (Wildman–Crippen LogP) is 4.19. The highest BCUT2D eigenvalue weighted by Gasteiger charge is 2.34. The summed E-state index contributed by atoms with van der Waals surface area (Å²) < 4.78 is 52.9. The van der Waals surface area contributed by atoms with Gasteiger partial charge >= 0.3 is 12.1 Å². The van der Waals surface area contributed by atoms with E-state index in [0.29, 0.717) is 22.6 Å². The number of aromatic amines is 1. The summed E-state index contributed by atoms with van der Waals surface area (Å²) in [6, 6.07) is 5.62. The van der Waals surface area contributed by atoms with Crippen LogP contribution >= 0.6 is 0 Å². The summed E-state index contributed by atoms with van der Waals surface area (Å²) in [5.41, 5.74) is 1.73. The van der Waals surface area contributed by atoms with Crippen LogP contribution in [-0.2, 0) is 22.2 Å². The average Bonchev–Trinajstić information content (AvgIpc) is 3.28. The summed E-state index contributed by atoms with van der Waals surface area (Å²) in [5, 5.41) is 6.75. The van der Waals surface area contributed by atoms with Gasteiger partial charge in [-0.05, 0) is 57.0 Å². The van der Waals surface area contributed by atoms with Crippen molar-refractivity contribution in [3.8, 4) is 5.69 Å². The van der Waals surface area contributed by atoms with E-state index >= 15 is 0 Å². The van der Waals surface area contributed by atoms with Gasteiger partial charge in [-0.15, -0.1) is 0 Å². The zero-order valence-electron chi connectivity index (χ0n) is 20.1. The Bertz CT molecular complexity index is 1240. The number of halogens is 3. The third-order valence-electron chi connectivity index (χ3n) is 5.48. The Morgan fingerprint density at radius 1 is 1.11 bits per heavy atom. The SMILES string of the molecule is COCCOC(=O)c1c(C)[nH]c(C(=O)NCc2ccc(-n3nc(C)cc3C)cc2C(F)(F)F)c1C. The lowest BCUT2D eigenvalue weighted by Crippen LogP contribution is -2.25. The molecule has 188 valence electrons. The number of carbonyl (C=O) groups is 2. The van der Waals surface area contributed by atoms with E-state index in [4.69, 9.17) is 9.47 Å². The van der Waals surface area contributed by atoms with Crippen LogP contribution in [0.4, 0.5) is 13.2 Å². The van der Waals surface area contributed by atoms with Crippen molar-refractivity contribution < 1.29 is 32.2 Å². The molecule has 1 amide bonds. The second-order valence-corrected chi connectivity index (χ2v) is 8.11. The van der Waals surface area contributed by atoms with Crippen LogP contribution < -0.4 is 5.32 Å².